The van der Waals surface area contributed by atoms with E-state index >= 15 is 0 Å². The van der Waals surface area contributed by atoms with E-state index < -0.39 is 5.97 Å². The van der Waals surface area contributed by atoms with E-state index in [1.807, 2.05) is 58.1 Å². The van der Waals surface area contributed by atoms with Gasteiger partial charge >= 0.3 is 5.97 Å². The van der Waals surface area contributed by atoms with E-state index in [4.69, 9.17) is 25.2 Å². The molecule has 0 radical (unpaired) electrons. The number of ether oxygens (including phenoxy) is 2. The standard InChI is InChI=1S/C32H45N9O3/c1-20(2)44-30(42)21-18-34-31(35-23-16-22(33)25(17-26(23)43-8)39(7)15-14-38(5)6)37-29(21)41-19-32(3,4)28-24(41)10-11-27(36-28)40-12-9-13-40/h10-11,16-18,20H,9,12-15,19,33H2,1-8H3,(H,34,35,37). The number of nitrogen functional groups attached to an aromatic ring is 1. The summed E-state index contributed by atoms with van der Waals surface area (Å²) >= 11 is 0. The number of carbonyl (C=O) groups excluding carboxylic acids is 1. The van der Waals surface area contributed by atoms with E-state index in [-0.39, 0.29) is 17.1 Å². The zero-order chi connectivity index (χ0) is 31.8. The van der Waals surface area contributed by atoms with Crippen LogP contribution in [0.3, 0.4) is 0 Å². The second kappa shape index (κ2) is 12.4. The predicted octanol–water partition coefficient (Wildman–Crippen LogP) is 4.41. The van der Waals surface area contributed by atoms with Crippen molar-refractivity contribution in [2.75, 3.05) is 86.7 Å². The van der Waals surface area contributed by atoms with Crippen LogP contribution >= 0.6 is 0 Å². The predicted molar refractivity (Wildman–Crippen MR) is 176 cm³/mol. The van der Waals surface area contributed by atoms with Crippen LogP contribution in [-0.2, 0) is 10.2 Å². The van der Waals surface area contributed by atoms with Crippen molar-refractivity contribution in [3.63, 3.8) is 0 Å². The lowest BCUT2D eigenvalue weighted by Crippen LogP contribution is -2.37. The van der Waals surface area contributed by atoms with Crippen LogP contribution in [0.1, 0.15) is 50.2 Å². The first kappa shape index (κ1) is 31.1. The summed E-state index contributed by atoms with van der Waals surface area (Å²) in [6.45, 7) is 12.3. The molecule has 12 heteroatoms. The van der Waals surface area contributed by atoms with E-state index in [1.165, 1.54) is 12.6 Å². The van der Waals surface area contributed by atoms with E-state index in [2.05, 4.69) is 44.9 Å². The summed E-state index contributed by atoms with van der Waals surface area (Å²) < 4.78 is 11.3. The lowest BCUT2D eigenvalue weighted by atomic mass is 9.91. The molecule has 2 aromatic heterocycles. The first-order valence-electron chi connectivity index (χ1n) is 15.1. The van der Waals surface area contributed by atoms with Crippen molar-refractivity contribution in [3.8, 4) is 5.75 Å². The van der Waals surface area contributed by atoms with Gasteiger partial charge in [0.25, 0.3) is 0 Å². The van der Waals surface area contributed by atoms with E-state index in [1.54, 1.807) is 7.11 Å². The number of carbonyl (C=O) groups is 1. The van der Waals surface area contributed by atoms with Gasteiger partial charge in [0.05, 0.1) is 41.7 Å². The Morgan fingerprint density at radius 3 is 2.52 bits per heavy atom. The highest BCUT2D eigenvalue weighted by Crippen LogP contribution is 2.45. The number of pyridine rings is 1. The number of rotatable bonds is 11. The number of nitrogens with two attached hydrogens (primary N) is 1. The second-order valence-electron chi connectivity index (χ2n) is 12.7. The van der Waals surface area contributed by atoms with Gasteiger partial charge in [0.1, 0.15) is 17.1 Å². The Labute approximate surface area is 260 Å². The fourth-order valence-electron chi connectivity index (χ4n) is 5.46. The molecule has 1 fully saturated rings. The van der Waals surface area contributed by atoms with Crippen LogP contribution in [0.2, 0.25) is 0 Å². The molecular weight excluding hydrogens is 558 g/mol. The molecule has 0 amide bonds. The maximum atomic E-state index is 13.3. The normalized spacial score (nSPS) is 15.3. The average Bonchev–Trinajstić information content (AvgIpc) is 3.20. The van der Waals surface area contributed by atoms with Gasteiger partial charge in [-0.25, -0.2) is 14.8 Å². The van der Waals surface area contributed by atoms with Crippen LogP contribution in [0.15, 0.2) is 30.5 Å². The number of fused-ring (bicyclic) bond motifs is 1. The van der Waals surface area contributed by atoms with Crippen LogP contribution in [0, 0.1) is 0 Å². The molecule has 44 heavy (non-hydrogen) atoms. The maximum Gasteiger partial charge on any atom is 0.343 e. The van der Waals surface area contributed by atoms with Crippen molar-refractivity contribution >= 4 is 46.3 Å². The fourth-order valence-corrected chi connectivity index (χ4v) is 5.46. The molecule has 3 aromatic rings. The minimum Gasteiger partial charge on any atom is -0.494 e. The second-order valence-corrected chi connectivity index (χ2v) is 12.7. The Kier molecular flexibility index (Phi) is 8.73. The molecule has 0 unspecified atom stereocenters. The van der Waals surface area contributed by atoms with Crippen molar-refractivity contribution in [1.82, 2.24) is 19.9 Å². The Balaban J connectivity index is 1.52. The maximum absolute atomic E-state index is 13.3. The van der Waals surface area contributed by atoms with Crippen molar-refractivity contribution in [3.05, 3.63) is 41.7 Å². The molecule has 0 bridgehead atoms. The summed E-state index contributed by atoms with van der Waals surface area (Å²) in [7, 11) is 7.69. The minimum absolute atomic E-state index is 0.278. The number of nitrogens with one attached hydrogen (secondary N) is 1. The summed E-state index contributed by atoms with van der Waals surface area (Å²) in [5, 5.41) is 3.28. The number of likely N-dealkylation sites (N-methyl/N-ethyl adjacent to an activating group) is 2. The number of aromatic nitrogens is 3. The monoisotopic (exact) mass is 603 g/mol. The number of anilines is 7. The molecular formula is C32H45N9O3. The van der Waals surface area contributed by atoms with Gasteiger partial charge < -0.3 is 40.1 Å². The van der Waals surface area contributed by atoms with Gasteiger partial charge in [-0.05, 0) is 52.6 Å². The van der Waals surface area contributed by atoms with Gasteiger partial charge in [-0.3, -0.25) is 0 Å². The number of hydrogen-bond acceptors (Lipinski definition) is 12. The minimum atomic E-state index is -0.482. The van der Waals surface area contributed by atoms with Crippen LogP contribution in [-0.4, -0.2) is 92.9 Å². The number of benzene rings is 1. The Morgan fingerprint density at radius 2 is 1.89 bits per heavy atom. The summed E-state index contributed by atoms with van der Waals surface area (Å²) in [6.07, 6.45) is 2.40. The molecule has 0 aliphatic carbocycles. The molecule has 5 rings (SSSR count). The molecule has 236 valence electrons. The smallest absolute Gasteiger partial charge is 0.343 e. The summed E-state index contributed by atoms with van der Waals surface area (Å²) in [5.41, 5.74) is 10.5. The highest BCUT2D eigenvalue weighted by molar-refractivity contribution is 5.96. The van der Waals surface area contributed by atoms with E-state index in [9.17, 15) is 4.79 Å². The van der Waals surface area contributed by atoms with Gasteiger partial charge in [-0.2, -0.15) is 4.98 Å². The quantitative estimate of drug-likeness (QED) is 0.238. The Bertz CT molecular complexity index is 1520. The number of esters is 1. The van der Waals surface area contributed by atoms with Crippen LogP contribution < -0.4 is 30.5 Å². The molecule has 4 heterocycles. The zero-order valence-corrected chi connectivity index (χ0v) is 27.1. The van der Waals surface area contributed by atoms with Crippen molar-refractivity contribution in [2.45, 2.75) is 45.6 Å². The largest absolute Gasteiger partial charge is 0.494 e. The van der Waals surface area contributed by atoms with Crippen LogP contribution in [0.4, 0.5) is 40.3 Å². The molecule has 1 aromatic carbocycles. The van der Waals surface area contributed by atoms with Crippen molar-refractivity contribution in [2.24, 2.45) is 0 Å². The molecule has 2 aliphatic rings. The van der Waals surface area contributed by atoms with Gasteiger partial charge in [-0.15, -0.1) is 0 Å². The third kappa shape index (κ3) is 6.30. The molecule has 0 atom stereocenters. The molecule has 2 aliphatic heterocycles. The first-order chi connectivity index (χ1) is 20.9. The van der Waals surface area contributed by atoms with Gasteiger partial charge in [0.2, 0.25) is 5.95 Å². The van der Waals surface area contributed by atoms with Gasteiger partial charge in [-0.1, -0.05) is 13.8 Å². The SMILES string of the molecule is COc1cc(N(C)CCN(C)C)c(N)cc1Nc1ncc(C(=O)OC(C)C)c(N2CC(C)(C)c3nc(N4CCC4)ccc32)n1. The van der Waals surface area contributed by atoms with Crippen LogP contribution in [0.5, 0.6) is 5.75 Å². The average molecular weight is 604 g/mol. The summed E-state index contributed by atoms with van der Waals surface area (Å²) in [5.74, 6) is 1.84. The zero-order valence-electron chi connectivity index (χ0n) is 27.1. The highest BCUT2D eigenvalue weighted by atomic mass is 16.5. The van der Waals surface area contributed by atoms with Crippen LogP contribution in [0.25, 0.3) is 0 Å². The van der Waals surface area contributed by atoms with E-state index in [0.717, 1.165) is 49.1 Å². The number of nitrogens with zero attached hydrogens (tertiary/aromatic N) is 7. The van der Waals surface area contributed by atoms with Gasteiger partial charge in [0, 0.05) is 57.4 Å². The molecule has 12 nitrogen and oxygen atoms in total. The lowest BCUT2D eigenvalue weighted by molar-refractivity contribution is 0.0378. The molecule has 0 spiro atoms. The van der Waals surface area contributed by atoms with Crippen molar-refractivity contribution < 1.29 is 14.3 Å². The lowest BCUT2D eigenvalue weighted by Gasteiger charge is -2.32. The van der Waals surface area contributed by atoms with Gasteiger partial charge in [0.15, 0.2) is 5.82 Å². The third-order valence-electron chi connectivity index (χ3n) is 8.00. The first-order valence-corrected chi connectivity index (χ1v) is 15.1. The molecule has 1 saturated heterocycles. The van der Waals surface area contributed by atoms with E-state index in [0.29, 0.717) is 35.4 Å². The Hall–Kier alpha value is -4.32. The molecule has 0 saturated carbocycles. The van der Waals surface area contributed by atoms with Crippen molar-refractivity contribution in [1.29, 1.82) is 0 Å². The summed E-state index contributed by atoms with van der Waals surface area (Å²) in [6, 6.07) is 7.85. The topological polar surface area (TPSA) is 125 Å². The fraction of sp³-hybridized carbons (Fsp3) is 0.500. The third-order valence-corrected chi connectivity index (χ3v) is 8.00. The summed E-state index contributed by atoms with van der Waals surface area (Å²) in [4.78, 5) is 36.3. The Morgan fingerprint density at radius 1 is 1.14 bits per heavy atom. The number of methoxy groups -OCH3 is 1. The highest BCUT2D eigenvalue weighted by Gasteiger charge is 2.40. The molecule has 3 N–H and O–H groups in total. The number of hydrogen-bond donors (Lipinski definition) is 2.